The van der Waals surface area contributed by atoms with E-state index in [0.717, 1.165) is 0 Å². The lowest BCUT2D eigenvalue weighted by Gasteiger charge is -2.20. The Hall–Kier alpha value is -2.38. The Bertz CT molecular complexity index is 854. The first-order chi connectivity index (χ1) is 9.87. The highest BCUT2D eigenvalue weighted by molar-refractivity contribution is 7.81. The fourth-order valence-corrected chi connectivity index (χ4v) is 2.86. The molecule has 0 unspecified atom stereocenters. The van der Waals surface area contributed by atoms with Gasteiger partial charge in [-0.25, -0.2) is 0 Å². The van der Waals surface area contributed by atoms with Crippen LogP contribution in [-0.4, -0.2) is 23.9 Å². The van der Waals surface area contributed by atoms with Crippen LogP contribution in [-0.2, 0) is 16.8 Å². The average Bonchev–Trinajstić information content (AvgIpc) is 2.36. The first-order valence-electron chi connectivity index (χ1n) is 6.01. The van der Waals surface area contributed by atoms with E-state index in [1.54, 1.807) is 18.2 Å². The van der Waals surface area contributed by atoms with Crippen molar-refractivity contribution in [3.05, 3.63) is 58.7 Å². The Balaban J connectivity index is 2.20. The van der Waals surface area contributed by atoms with Gasteiger partial charge in [0.05, 0.1) is 11.1 Å². The number of phenolic OH excluding ortho intramolecular Hbond substituents is 1. The number of hydrogen-bond donors (Lipinski definition) is 2. The van der Waals surface area contributed by atoms with Crippen LogP contribution in [0.5, 0.6) is 11.5 Å². The van der Waals surface area contributed by atoms with Crippen molar-refractivity contribution in [1.29, 1.82) is 0 Å². The molecule has 0 spiro atoms. The molecular weight excluding hydrogens is 296 g/mol. The molecule has 3 rings (SSSR count). The summed E-state index contributed by atoms with van der Waals surface area (Å²) in [6, 6.07) is 9.19. The van der Waals surface area contributed by atoms with Crippen LogP contribution in [0.15, 0.2) is 36.4 Å². The molecule has 0 fully saturated rings. The predicted molar refractivity (Wildman–Crippen MR) is 73.0 cm³/mol. The van der Waals surface area contributed by atoms with E-state index in [4.69, 9.17) is 4.55 Å². The molecule has 0 amide bonds. The summed E-state index contributed by atoms with van der Waals surface area (Å²) in [5, 5.41) is 9.85. The SMILES string of the molecule is O=C1c2c(O)cccc2Cc2cccc(OS(=O)(=O)O)c21. The molecule has 0 saturated carbocycles. The second-order valence-electron chi connectivity index (χ2n) is 4.62. The minimum Gasteiger partial charge on any atom is -0.507 e. The molecule has 0 radical (unpaired) electrons. The highest BCUT2D eigenvalue weighted by Gasteiger charge is 2.30. The zero-order chi connectivity index (χ0) is 15.2. The monoisotopic (exact) mass is 306 g/mol. The van der Waals surface area contributed by atoms with Crippen LogP contribution in [0.2, 0.25) is 0 Å². The van der Waals surface area contributed by atoms with Crippen LogP contribution in [0.1, 0.15) is 27.0 Å². The van der Waals surface area contributed by atoms with Crippen molar-refractivity contribution in [3.8, 4) is 11.5 Å². The summed E-state index contributed by atoms with van der Waals surface area (Å²) in [7, 11) is -4.74. The van der Waals surface area contributed by atoms with Crippen molar-refractivity contribution < 1.29 is 27.1 Å². The number of rotatable bonds is 2. The molecule has 2 aromatic carbocycles. The maximum Gasteiger partial charge on any atom is 0.446 e. The molecule has 0 aromatic heterocycles. The van der Waals surface area contributed by atoms with E-state index in [2.05, 4.69) is 4.18 Å². The molecular formula is C14H10O6S. The largest absolute Gasteiger partial charge is 0.507 e. The zero-order valence-electron chi connectivity index (χ0n) is 10.6. The maximum atomic E-state index is 12.5. The summed E-state index contributed by atoms with van der Waals surface area (Å²) < 4.78 is 35.0. The van der Waals surface area contributed by atoms with Crippen molar-refractivity contribution in [2.45, 2.75) is 6.42 Å². The van der Waals surface area contributed by atoms with Gasteiger partial charge in [-0.1, -0.05) is 24.3 Å². The molecule has 108 valence electrons. The number of aromatic hydroxyl groups is 1. The predicted octanol–water partition coefficient (Wildman–Crippen LogP) is 1.71. The topological polar surface area (TPSA) is 101 Å². The number of carbonyl (C=O) groups is 1. The normalized spacial score (nSPS) is 13.5. The fraction of sp³-hybridized carbons (Fsp3) is 0.0714. The molecule has 21 heavy (non-hydrogen) atoms. The molecule has 0 aliphatic heterocycles. The Morgan fingerprint density at radius 2 is 1.62 bits per heavy atom. The summed E-state index contributed by atoms with van der Waals surface area (Å²) in [6.07, 6.45) is 0.355. The number of ketones is 1. The van der Waals surface area contributed by atoms with Crippen molar-refractivity contribution in [3.63, 3.8) is 0 Å². The first-order valence-corrected chi connectivity index (χ1v) is 7.37. The number of carbonyl (C=O) groups excluding carboxylic acids is 1. The van der Waals surface area contributed by atoms with Crippen molar-refractivity contribution in [2.75, 3.05) is 0 Å². The van der Waals surface area contributed by atoms with Gasteiger partial charge in [-0.3, -0.25) is 9.35 Å². The third kappa shape index (κ3) is 2.37. The summed E-state index contributed by atoms with van der Waals surface area (Å²) in [4.78, 5) is 12.5. The van der Waals surface area contributed by atoms with Gasteiger partial charge in [-0.05, 0) is 29.7 Å². The van der Waals surface area contributed by atoms with Crippen molar-refractivity contribution >= 4 is 16.2 Å². The number of phenols is 1. The van der Waals surface area contributed by atoms with Gasteiger partial charge < -0.3 is 9.29 Å². The minimum absolute atomic E-state index is 0.0316. The first kappa shape index (κ1) is 13.6. The quantitative estimate of drug-likeness (QED) is 0.699. The molecule has 0 heterocycles. The lowest BCUT2D eigenvalue weighted by Crippen LogP contribution is -2.18. The Kier molecular flexibility index (Phi) is 2.96. The number of hydrogen-bond acceptors (Lipinski definition) is 5. The van der Waals surface area contributed by atoms with E-state index in [1.807, 2.05) is 0 Å². The summed E-state index contributed by atoms with van der Waals surface area (Å²) in [5.41, 5.74) is 1.37. The second-order valence-corrected chi connectivity index (χ2v) is 5.64. The molecule has 0 atom stereocenters. The van der Waals surface area contributed by atoms with Crippen LogP contribution in [0.25, 0.3) is 0 Å². The average molecular weight is 306 g/mol. The van der Waals surface area contributed by atoms with Crippen LogP contribution < -0.4 is 4.18 Å². The van der Waals surface area contributed by atoms with Crippen LogP contribution in [0.4, 0.5) is 0 Å². The van der Waals surface area contributed by atoms with Crippen molar-refractivity contribution in [1.82, 2.24) is 0 Å². The molecule has 2 N–H and O–H groups in total. The summed E-state index contributed by atoms with van der Waals surface area (Å²) >= 11 is 0. The Labute approximate surface area is 120 Å². The maximum absolute atomic E-state index is 12.5. The highest BCUT2D eigenvalue weighted by atomic mass is 32.3. The van der Waals surface area contributed by atoms with Gasteiger partial charge in [0.15, 0.2) is 5.75 Å². The molecule has 1 aliphatic rings. The Morgan fingerprint density at radius 3 is 2.29 bits per heavy atom. The highest BCUT2D eigenvalue weighted by Crippen LogP contribution is 2.36. The fourth-order valence-electron chi connectivity index (χ4n) is 2.49. The van der Waals surface area contributed by atoms with Gasteiger partial charge in [0.2, 0.25) is 5.78 Å². The third-order valence-corrected chi connectivity index (χ3v) is 3.66. The van der Waals surface area contributed by atoms with E-state index in [-0.39, 0.29) is 22.6 Å². The third-order valence-electron chi connectivity index (χ3n) is 3.27. The lowest BCUT2D eigenvalue weighted by molar-refractivity contribution is 0.103. The van der Waals surface area contributed by atoms with Gasteiger partial charge in [0.25, 0.3) is 0 Å². The number of benzene rings is 2. The number of fused-ring (bicyclic) bond motifs is 2. The molecule has 0 bridgehead atoms. The second kappa shape index (κ2) is 4.57. The Morgan fingerprint density at radius 1 is 1.00 bits per heavy atom. The standard InChI is InChI=1S/C14H10O6S/c15-10-5-1-3-8-7-9-4-2-6-11(20-21(17,18)19)13(9)14(16)12(8)10/h1-6,15H,7H2,(H,17,18,19). The molecule has 2 aromatic rings. The summed E-state index contributed by atoms with van der Waals surface area (Å²) in [6.45, 7) is 0. The molecule has 6 nitrogen and oxygen atoms in total. The van der Waals surface area contributed by atoms with Gasteiger partial charge in [-0.15, -0.1) is 0 Å². The van der Waals surface area contributed by atoms with Crippen LogP contribution in [0.3, 0.4) is 0 Å². The van der Waals surface area contributed by atoms with Gasteiger partial charge in [0, 0.05) is 0 Å². The molecule has 0 saturated heterocycles. The van der Waals surface area contributed by atoms with E-state index < -0.39 is 16.2 Å². The lowest BCUT2D eigenvalue weighted by atomic mass is 9.84. The van der Waals surface area contributed by atoms with Gasteiger partial charge in [0.1, 0.15) is 5.75 Å². The van der Waals surface area contributed by atoms with E-state index in [1.165, 1.54) is 18.2 Å². The van der Waals surface area contributed by atoms with Gasteiger partial charge >= 0.3 is 10.4 Å². The zero-order valence-corrected chi connectivity index (χ0v) is 11.4. The van der Waals surface area contributed by atoms with Crippen molar-refractivity contribution in [2.24, 2.45) is 0 Å². The minimum atomic E-state index is -4.74. The van der Waals surface area contributed by atoms with Crippen LogP contribution in [0, 0.1) is 0 Å². The van der Waals surface area contributed by atoms with Crippen LogP contribution >= 0.6 is 0 Å². The molecule has 1 aliphatic carbocycles. The molecule has 7 heteroatoms. The van der Waals surface area contributed by atoms with E-state index in [9.17, 15) is 18.3 Å². The smallest absolute Gasteiger partial charge is 0.446 e. The van der Waals surface area contributed by atoms with E-state index in [0.29, 0.717) is 17.5 Å². The van der Waals surface area contributed by atoms with Gasteiger partial charge in [-0.2, -0.15) is 8.42 Å². The summed E-state index contributed by atoms with van der Waals surface area (Å²) in [5.74, 6) is -0.970. The van der Waals surface area contributed by atoms with E-state index >= 15 is 0 Å².